The van der Waals surface area contributed by atoms with Gasteiger partial charge in [-0.2, -0.15) is 0 Å². The Labute approximate surface area is 141 Å². The number of fused-ring (bicyclic) bond motifs is 1. The fourth-order valence-electron chi connectivity index (χ4n) is 5.77. The van der Waals surface area contributed by atoms with Crippen molar-refractivity contribution >= 4 is 11.9 Å². The van der Waals surface area contributed by atoms with Crippen molar-refractivity contribution in [1.82, 2.24) is 0 Å². The minimum absolute atomic E-state index is 0.549. The molecule has 2 heteroatoms. The highest BCUT2D eigenvalue weighted by atomic mass is 15.1. The van der Waals surface area contributed by atoms with Crippen molar-refractivity contribution < 1.29 is 0 Å². The van der Waals surface area contributed by atoms with E-state index in [-0.39, 0.29) is 0 Å². The van der Waals surface area contributed by atoms with Gasteiger partial charge in [0.1, 0.15) is 0 Å². The molecule has 4 aliphatic rings. The summed E-state index contributed by atoms with van der Waals surface area (Å²) in [5.74, 6) is 3.04. The van der Waals surface area contributed by atoms with Crippen molar-refractivity contribution in [2.45, 2.75) is 44.9 Å². The van der Waals surface area contributed by atoms with E-state index in [0.717, 1.165) is 24.3 Å². The average Bonchev–Trinajstić information content (AvgIpc) is 2.73. The zero-order valence-corrected chi connectivity index (χ0v) is 14.7. The van der Waals surface area contributed by atoms with Crippen molar-refractivity contribution in [1.29, 1.82) is 0 Å². The molecule has 0 aliphatic heterocycles. The van der Waals surface area contributed by atoms with Crippen LogP contribution in [0.2, 0.25) is 0 Å². The summed E-state index contributed by atoms with van der Waals surface area (Å²) in [6.45, 7) is 1.06. The highest BCUT2D eigenvalue weighted by Gasteiger charge is 2.48. The van der Waals surface area contributed by atoms with Gasteiger partial charge in [-0.15, -0.1) is 0 Å². The minimum Gasteiger partial charge on any atom is -0.378 e. The fourth-order valence-corrected chi connectivity index (χ4v) is 5.77. The maximum atomic E-state index is 4.91. The third kappa shape index (κ3) is 3.18. The lowest BCUT2D eigenvalue weighted by atomic mass is 9.58. The van der Waals surface area contributed by atoms with Crippen LogP contribution in [0.1, 0.15) is 50.5 Å². The molecule has 0 aromatic heterocycles. The largest absolute Gasteiger partial charge is 0.378 e. The SMILES string of the molecule is CN(C)c1ccc(C=NCC23CC4C[C@@H](CC[C@H](C4)C2)C3)cc1. The maximum Gasteiger partial charge on any atom is 0.0446 e. The summed E-state index contributed by atoms with van der Waals surface area (Å²) in [6, 6.07) is 8.73. The number of aliphatic imine (C=N–C) groups is 1. The van der Waals surface area contributed by atoms with E-state index in [9.17, 15) is 0 Å². The number of rotatable bonds is 4. The Kier molecular flexibility index (Phi) is 3.95. The first-order valence-corrected chi connectivity index (χ1v) is 9.39. The van der Waals surface area contributed by atoms with E-state index in [4.69, 9.17) is 4.99 Å². The summed E-state index contributed by atoms with van der Waals surface area (Å²) in [5.41, 5.74) is 3.03. The fraction of sp³-hybridized carbons (Fsp3) is 0.667. The molecule has 0 heterocycles. The summed E-state index contributed by atoms with van der Waals surface area (Å²) < 4.78 is 0. The molecule has 0 unspecified atom stereocenters. The number of hydrogen-bond acceptors (Lipinski definition) is 2. The van der Waals surface area contributed by atoms with E-state index < -0.39 is 0 Å². The molecule has 23 heavy (non-hydrogen) atoms. The number of nitrogens with zero attached hydrogens (tertiary/aromatic N) is 2. The van der Waals surface area contributed by atoms with E-state index >= 15 is 0 Å². The molecule has 4 saturated carbocycles. The Bertz CT molecular complexity index is 556. The van der Waals surface area contributed by atoms with Gasteiger partial charge in [0.2, 0.25) is 0 Å². The molecule has 5 rings (SSSR count). The van der Waals surface area contributed by atoms with Gasteiger partial charge in [0.15, 0.2) is 0 Å². The topological polar surface area (TPSA) is 15.6 Å². The molecule has 0 amide bonds. The highest BCUT2D eigenvalue weighted by molar-refractivity contribution is 5.80. The average molecular weight is 310 g/mol. The maximum absolute atomic E-state index is 4.91. The Hall–Kier alpha value is -1.31. The second kappa shape index (κ2) is 5.96. The minimum atomic E-state index is 0.549. The first kappa shape index (κ1) is 15.2. The highest BCUT2D eigenvalue weighted by Crippen LogP contribution is 2.57. The Morgan fingerprint density at radius 2 is 1.61 bits per heavy atom. The normalized spacial score (nSPS) is 35.7. The van der Waals surface area contributed by atoms with Gasteiger partial charge in [0.25, 0.3) is 0 Å². The summed E-state index contributed by atoms with van der Waals surface area (Å²) >= 11 is 0. The van der Waals surface area contributed by atoms with Crippen LogP contribution in [-0.2, 0) is 0 Å². The van der Waals surface area contributed by atoms with Gasteiger partial charge in [-0.3, -0.25) is 4.99 Å². The molecule has 0 spiro atoms. The first-order chi connectivity index (χ1) is 11.1. The van der Waals surface area contributed by atoms with Gasteiger partial charge in [-0.1, -0.05) is 25.0 Å². The second-order valence-corrected chi connectivity index (χ2v) is 8.71. The second-order valence-electron chi connectivity index (χ2n) is 8.71. The summed E-state index contributed by atoms with van der Waals surface area (Å²) in [4.78, 5) is 7.05. The van der Waals surface area contributed by atoms with Crippen molar-refractivity contribution in [3.63, 3.8) is 0 Å². The van der Waals surface area contributed by atoms with E-state index in [2.05, 4.69) is 49.5 Å². The third-order valence-corrected chi connectivity index (χ3v) is 6.56. The van der Waals surface area contributed by atoms with E-state index in [0.29, 0.717) is 5.41 Å². The molecule has 0 radical (unpaired) electrons. The molecule has 1 aromatic rings. The molecule has 4 bridgehead atoms. The standard InChI is InChI=1S/C21H30N2/c1-23(2)20-7-5-16(6-8-20)14-22-15-21-11-17-3-4-18(12-21)10-19(9-17)13-21/h5-8,14,17-19H,3-4,9-13,15H2,1-2H3/t17-,18-,19?,21?/m1/s1. The first-order valence-electron chi connectivity index (χ1n) is 9.39. The Balaban J connectivity index is 1.44. The van der Waals surface area contributed by atoms with Crippen LogP contribution >= 0.6 is 0 Å². The lowest BCUT2D eigenvalue weighted by Crippen LogP contribution is -2.39. The lowest BCUT2D eigenvalue weighted by molar-refractivity contribution is 0.0428. The molecule has 2 atom stereocenters. The van der Waals surface area contributed by atoms with Crippen molar-refractivity contribution in [3.05, 3.63) is 29.8 Å². The zero-order chi connectivity index (χ0) is 15.9. The van der Waals surface area contributed by atoms with E-state index in [1.807, 2.05) is 0 Å². The predicted octanol–water partition coefficient (Wildman–Crippen LogP) is 4.78. The van der Waals surface area contributed by atoms with Crippen LogP contribution in [0.15, 0.2) is 29.3 Å². The van der Waals surface area contributed by atoms with E-state index in [1.165, 1.54) is 56.2 Å². The molecule has 1 aromatic carbocycles. The number of hydrogen-bond donors (Lipinski definition) is 0. The molecule has 0 saturated heterocycles. The number of anilines is 1. The quantitative estimate of drug-likeness (QED) is 0.731. The van der Waals surface area contributed by atoms with Crippen molar-refractivity contribution in [2.75, 3.05) is 25.5 Å². The molecular formula is C21H30N2. The van der Waals surface area contributed by atoms with E-state index in [1.54, 1.807) is 0 Å². The van der Waals surface area contributed by atoms with Crippen LogP contribution in [-0.4, -0.2) is 26.9 Å². The molecule has 0 N–H and O–H groups in total. The third-order valence-electron chi connectivity index (χ3n) is 6.56. The van der Waals surface area contributed by atoms with Gasteiger partial charge in [-0.25, -0.2) is 0 Å². The van der Waals surface area contributed by atoms with Gasteiger partial charge in [-0.05, 0) is 73.0 Å². The molecule has 4 fully saturated rings. The van der Waals surface area contributed by atoms with Crippen molar-refractivity contribution in [3.8, 4) is 0 Å². The van der Waals surface area contributed by atoms with Crippen LogP contribution in [0.4, 0.5) is 5.69 Å². The molecular weight excluding hydrogens is 280 g/mol. The smallest absolute Gasteiger partial charge is 0.0446 e. The monoisotopic (exact) mass is 310 g/mol. The molecule has 124 valence electrons. The predicted molar refractivity (Wildman–Crippen MR) is 98.5 cm³/mol. The van der Waals surface area contributed by atoms with Crippen LogP contribution in [0, 0.1) is 23.2 Å². The van der Waals surface area contributed by atoms with Crippen LogP contribution in [0.25, 0.3) is 0 Å². The Morgan fingerprint density at radius 1 is 1.00 bits per heavy atom. The molecule has 4 aliphatic carbocycles. The van der Waals surface area contributed by atoms with Gasteiger partial charge >= 0.3 is 0 Å². The van der Waals surface area contributed by atoms with Crippen LogP contribution in [0.5, 0.6) is 0 Å². The summed E-state index contributed by atoms with van der Waals surface area (Å²) in [6.07, 6.45) is 12.5. The zero-order valence-electron chi connectivity index (χ0n) is 14.7. The number of benzene rings is 1. The summed E-state index contributed by atoms with van der Waals surface area (Å²) in [5, 5.41) is 0. The summed E-state index contributed by atoms with van der Waals surface area (Å²) in [7, 11) is 4.16. The lowest BCUT2D eigenvalue weighted by Gasteiger charge is -2.47. The van der Waals surface area contributed by atoms with Crippen LogP contribution in [0.3, 0.4) is 0 Å². The Morgan fingerprint density at radius 3 is 2.22 bits per heavy atom. The van der Waals surface area contributed by atoms with Gasteiger partial charge in [0.05, 0.1) is 0 Å². The van der Waals surface area contributed by atoms with Gasteiger partial charge < -0.3 is 4.90 Å². The van der Waals surface area contributed by atoms with Crippen LogP contribution < -0.4 is 4.90 Å². The van der Waals surface area contributed by atoms with Gasteiger partial charge in [0, 0.05) is 32.5 Å². The van der Waals surface area contributed by atoms with Crippen molar-refractivity contribution in [2.24, 2.45) is 28.2 Å². The molecule has 2 nitrogen and oxygen atoms in total.